The Balaban J connectivity index is 3.05. The Hall–Kier alpha value is -1.02. The summed E-state index contributed by atoms with van der Waals surface area (Å²) in [7, 11) is 1.48. The van der Waals surface area contributed by atoms with Crippen LogP contribution in [0.1, 0.15) is 15.9 Å². The van der Waals surface area contributed by atoms with E-state index in [9.17, 15) is 4.79 Å². The van der Waals surface area contributed by atoms with Gasteiger partial charge >= 0.3 is 0 Å². The van der Waals surface area contributed by atoms with Crippen molar-refractivity contribution in [3.63, 3.8) is 0 Å². The zero-order chi connectivity index (χ0) is 9.14. The van der Waals surface area contributed by atoms with Crippen LogP contribution in [0.15, 0.2) is 18.2 Å². The van der Waals surface area contributed by atoms with Crippen molar-refractivity contribution in [3.05, 3.63) is 34.3 Å². The molecule has 63 valence electrons. The van der Waals surface area contributed by atoms with Gasteiger partial charge in [-0.15, -0.1) is 0 Å². The number of halogens is 1. The molecule has 0 saturated carbocycles. The van der Waals surface area contributed by atoms with E-state index in [4.69, 9.17) is 11.6 Å². The maximum Gasteiger partial charge on any atom is 0.272 e. The number of hydrogen-bond acceptors (Lipinski definition) is 1. The number of carbonyl (C=O) groups excluding carboxylic acids is 1. The summed E-state index contributed by atoms with van der Waals surface area (Å²) in [5.74, 6) is -0.213. The summed E-state index contributed by atoms with van der Waals surface area (Å²) < 4.78 is 0. The molecule has 0 spiro atoms. The minimum absolute atomic E-state index is 0.213. The van der Waals surface area contributed by atoms with Crippen molar-refractivity contribution in [2.24, 2.45) is 0 Å². The molecule has 0 fully saturated rings. The zero-order valence-corrected chi connectivity index (χ0v) is 7.72. The maximum atomic E-state index is 11.1. The fourth-order valence-corrected chi connectivity index (χ4v) is 1.02. The van der Waals surface area contributed by atoms with Gasteiger partial charge in [-0.05, 0) is 30.7 Å². The molecule has 0 N–H and O–H groups in total. The summed E-state index contributed by atoms with van der Waals surface area (Å²) in [4.78, 5) is 11.1. The van der Waals surface area contributed by atoms with Gasteiger partial charge in [-0.2, -0.15) is 0 Å². The van der Waals surface area contributed by atoms with E-state index >= 15 is 0 Å². The second-order valence-corrected chi connectivity index (χ2v) is 2.90. The molecule has 0 atom stereocenters. The highest BCUT2D eigenvalue weighted by atomic mass is 35.5. The lowest BCUT2D eigenvalue weighted by Crippen LogP contribution is -2.10. The van der Waals surface area contributed by atoms with E-state index in [2.05, 4.69) is 5.32 Å². The van der Waals surface area contributed by atoms with E-state index in [1.165, 1.54) is 7.05 Å². The van der Waals surface area contributed by atoms with Crippen molar-refractivity contribution in [3.8, 4) is 0 Å². The third-order valence-corrected chi connectivity index (χ3v) is 2.03. The molecule has 1 aromatic carbocycles. The van der Waals surface area contributed by atoms with Gasteiger partial charge in [0.1, 0.15) is 0 Å². The summed E-state index contributed by atoms with van der Waals surface area (Å²) in [5, 5.41) is 4.22. The van der Waals surface area contributed by atoms with Gasteiger partial charge < -0.3 is 0 Å². The second-order valence-electron chi connectivity index (χ2n) is 2.49. The van der Waals surface area contributed by atoms with E-state index in [0.29, 0.717) is 10.6 Å². The molecule has 1 rings (SSSR count). The molecule has 0 saturated heterocycles. The SMILES string of the molecule is C[N]C(=O)c1ccc(Cl)c(C)c1. The van der Waals surface area contributed by atoms with Crippen LogP contribution in [0, 0.1) is 6.92 Å². The van der Waals surface area contributed by atoms with Crippen molar-refractivity contribution in [1.82, 2.24) is 5.32 Å². The highest BCUT2D eigenvalue weighted by molar-refractivity contribution is 6.31. The first-order valence-electron chi connectivity index (χ1n) is 3.55. The number of amides is 1. The van der Waals surface area contributed by atoms with Crippen LogP contribution in [0.4, 0.5) is 0 Å². The summed E-state index contributed by atoms with van der Waals surface area (Å²) in [6.07, 6.45) is 0. The third kappa shape index (κ3) is 1.77. The molecule has 0 aliphatic heterocycles. The summed E-state index contributed by atoms with van der Waals surface area (Å²) in [6, 6.07) is 5.11. The lowest BCUT2D eigenvalue weighted by molar-refractivity contribution is 0.0959. The Labute approximate surface area is 76.5 Å². The molecule has 0 aromatic heterocycles. The minimum Gasteiger partial charge on any atom is -0.267 e. The molecule has 0 aliphatic carbocycles. The number of nitrogens with zero attached hydrogens (tertiary/aromatic N) is 1. The third-order valence-electron chi connectivity index (χ3n) is 1.61. The summed E-state index contributed by atoms with van der Waals surface area (Å²) in [6.45, 7) is 1.86. The molecular formula is C9H9ClNO. The summed E-state index contributed by atoms with van der Waals surface area (Å²) in [5.41, 5.74) is 1.48. The quantitative estimate of drug-likeness (QED) is 0.654. The topological polar surface area (TPSA) is 31.2 Å². The molecule has 0 heterocycles. The van der Waals surface area contributed by atoms with Gasteiger partial charge in [0.2, 0.25) is 0 Å². The normalized spacial score (nSPS) is 9.58. The zero-order valence-electron chi connectivity index (χ0n) is 6.97. The van der Waals surface area contributed by atoms with Gasteiger partial charge in [-0.25, -0.2) is 0 Å². The molecule has 2 nitrogen and oxygen atoms in total. The number of hydrogen-bond donors (Lipinski definition) is 0. The predicted octanol–water partition coefficient (Wildman–Crippen LogP) is 2.02. The Morgan fingerprint density at radius 3 is 2.67 bits per heavy atom. The Morgan fingerprint density at radius 1 is 1.50 bits per heavy atom. The summed E-state index contributed by atoms with van der Waals surface area (Å²) >= 11 is 5.79. The second kappa shape index (κ2) is 3.59. The van der Waals surface area contributed by atoms with E-state index in [1.54, 1.807) is 18.2 Å². The molecule has 1 aromatic rings. The first kappa shape index (κ1) is 9.07. The number of aryl methyl sites for hydroxylation is 1. The van der Waals surface area contributed by atoms with Crippen molar-refractivity contribution in [2.45, 2.75) is 6.92 Å². The smallest absolute Gasteiger partial charge is 0.267 e. The van der Waals surface area contributed by atoms with Gasteiger partial charge in [0.05, 0.1) is 0 Å². The van der Waals surface area contributed by atoms with Gasteiger partial charge in [0, 0.05) is 17.6 Å². The lowest BCUT2D eigenvalue weighted by atomic mass is 10.1. The first-order chi connectivity index (χ1) is 5.65. The number of rotatable bonds is 1. The largest absolute Gasteiger partial charge is 0.272 e. The van der Waals surface area contributed by atoms with E-state index < -0.39 is 0 Å². The van der Waals surface area contributed by atoms with Crippen LogP contribution in [0.5, 0.6) is 0 Å². The van der Waals surface area contributed by atoms with Crippen molar-refractivity contribution >= 4 is 17.5 Å². The predicted molar refractivity (Wildman–Crippen MR) is 48.6 cm³/mol. The van der Waals surface area contributed by atoms with Crippen LogP contribution in [0.25, 0.3) is 0 Å². The Kier molecular flexibility index (Phi) is 2.71. The van der Waals surface area contributed by atoms with Gasteiger partial charge in [-0.3, -0.25) is 10.1 Å². The lowest BCUT2D eigenvalue weighted by Gasteiger charge is -2.00. The number of benzene rings is 1. The average molecular weight is 183 g/mol. The molecule has 0 aliphatic rings. The molecule has 1 radical (unpaired) electrons. The van der Waals surface area contributed by atoms with E-state index in [-0.39, 0.29) is 5.91 Å². The van der Waals surface area contributed by atoms with Gasteiger partial charge in [0.15, 0.2) is 0 Å². The Bertz CT molecular complexity index is 309. The van der Waals surface area contributed by atoms with Crippen LogP contribution in [0.2, 0.25) is 5.02 Å². The average Bonchev–Trinajstić information content (AvgIpc) is 2.08. The van der Waals surface area contributed by atoms with Crippen LogP contribution in [-0.2, 0) is 0 Å². The van der Waals surface area contributed by atoms with Gasteiger partial charge in [-0.1, -0.05) is 11.6 Å². The first-order valence-corrected chi connectivity index (χ1v) is 3.93. The molecular weight excluding hydrogens is 174 g/mol. The van der Waals surface area contributed by atoms with Crippen LogP contribution < -0.4 is 5.32 Å². The van der Waals surface area contributed by atoms with Crippen LogP contribution in [0.3, 0.4) is 0 Å². The van der Waals surface area contributed by atoms with Crippen molar-refractivity contribution in [1.29, 1.82) is 0 Å². The highest BCUT2D eigenvalue weighted by Crippen LogP contribution is 2.16. The monoisotopic (exact) mass is 182 g/mol. The Morgan fingerprint density at radius 2 is 2.17 bits per heavy atom. The van der Waals surface area contributed by atoms with E-state index in [0.717, 1.165) is 5.56 Å². The number of carbonyl (C=O) groups is 1. The van der Waals surface area contributed by atoms with Gasteiger partial charge in [0.25, 0.3) is 5.91 Å². The standard InChI is InChI=1S/C9H9ClNO/c1-6-5-7(9(12)11-2)3-4-8(6)10/h3-5H,1-2H3. The molecule has 3 heteroatoms. The molecule has 1 amide bonds. The highest BCUT2D eigenvalue weighted by Gasteiger charge is 2.04. The minimum atomic E-state index is -0.213. The van der Waals surface area contributed by atoms with E-state index in [1.807, 2.05) is 6.92 Å². The molecule has 12 heavy (non-hydrogen) atoms. The maximum absolute atomic E-state index is 11.1. The van der Waals surface area contributed by atoms with Crippen molar-refractivity contribution in [2.75, 3.05) is 7.05 Å². The fourth-order valence-electron chi connectivity index (χ4n) is 0.907. The molecule has 0 bridgehead atoms. The molecule has 0 unspecified atom stereocenters. The van der Waals surface area contributed by atoms with Crippen LogP contribution >= 0.6 is 11.6 Å². The van der Waals surface area contributed by atoms with Crippen LogP contribution in [-0.4, -0.2) is 13.0 Å². The fraction of sp³-hybridized carbons (Fsp3) is 0.222. The van der Waals surface area contributed by atoms with Crippen molar-refractivity contribution < 1.29 is 4.79 Å².